The van der Waals surface area contributed by atoms with Crippen LogP contribution < -0.4 is 4.74 Å². The number of methoxy groups -OCH3 is 1. The quantitative estimate of drug-likeness (QED) is 0.528. The molecule has 0 bridgehead atoms. The van der Waals surface area contributed by atoms with Crippen LogP contribution in [0.2, 0.25) is 0 Å². The summed E-state index contributed by atoms with van der Waals surface area (Å²) < 4.78 is 16.1. The van der Waals surface area contributed by atoms with Gasteiger partial charge in [-0.2, -0.15) is 0 Å². The van der Waals surface area contributed by atoms with Crippen LogP contribution in [0.25, 0.3) is 0 Å². The van der Waals surface area contributed by atoms with Gasteiger partial charge in [0, 0.05) is 13.5 Å². The maximum Gasteiger partial charge on any atom is 0.341 e. The summed E-state index contributed by atoms with van der Waals surface area (Å²) in [5.74, 6) is 0.995. The van der Waals surface area contributed by atoms with Crippen molar-refractivity contribution in [1.82, 2.24) is 4.90 Å². The first-order chi connectivity index (χ1) is 14.5. The third-order valence-corrected chi connectivity index (χ3v) is 4.75. The van der Waals surface area contributed by atoms with Gasteiger partial charge in [-0.25, -0.2) is 4.79 Å². The summed E-state index contributed by atoms with van der Waals surface area (Å²) in [5, 5.41) is 0. The number of ether oxygens (including phenoxy) is 2. The topological polar surface area (TPSA) is 69.0 Å². The third-order valence-electron chi connectivity index (χ3n) is 4.75. The van der Waals surface area contributed by atoms with Crippen molar-refractivity contribution >= 4 is 11.9 Å². The Kier molecular flexibility index (Phi) is 6.91. The lowest BCUT2D eigenvalue weighted by atomic mass is 10.0. The molecule has 0 unspecified atom stereocenters. The molecule has 0 aliphatic carbocycles. The minimum absolute atomic E-state index is 0.0914. The van der Waals surface area contributed by atoms with Gasteiger partial charge in [-0.3, -0.25) is 4.79 Å². The van der Waals surface area contributed by atoms with E-state index in [9.17, 15) is 9.59 Å². The van der Waals surface area contributed by atoms with Gasteiger partial charge in [-0.05, 0) is 30.2 Å². The first-order valence-electron chi connectivity index (χ1n) is 9.64. The number of para-hydroxylation sites is 1. The van der Waals surface area contributed by atoms with E-state index >= 15 is 0 Å². The van der Waals surface area contributed by atoms with Crippen LogP contribution in [0.1, 0.15) is 33.0 Å². The average Bonchev–Trinajstić information content (AvgIpc) is 3.12. The number of nitrogens with zero attached hydrogens (tertiary/aromatic N) is 1. The van der Waals surface area contributed by atoms with Gasteiger partial charge in [0.25, 0.3) is 5.91 Å². The molecule has 0 atom stereocenters. The molecular weight excluding hydrogens is 382 g/mol. The molecule has 156 valence electrons. The molecule has 0 N–H and O–H groups in total. The number of furan rings is 1. The molecule has 1 amide bonds. The number of likely N-dealkylation sites (N-methyl/N-ethyl adjacent to an activating group) is 1. The van der Waals surface area contributed by atoms with Crippen LogP contribution >= 0.6 is 0 Å². The van der Waals surface area contributed by atoms with Gasteiger partial charge in [0.1, 0.15) is 22.8 Å². The zero-order valence-corrected chi connectivity index (χ0v) is 17.4. The van der Waals surface area contributed by atoms with Crippen molar-refractivity contribution in [2.24, 2.45) is 0 Å². The molecule has 0 fully saturated rings. The third kappa shape index (κ3) is 5.29. The van der Waals surface area contributed by atoms with Crippen molar-refractivity contribution in [3.05, 3.63) is 88.9 Å². The number of carbonyl (C=O) groups excluding carboxylic acids is 2. The number of aryl methyl sites for hydroxylation is 1. The fourth-order valence-corrected chi connectivity index (χ4v) is 3.11. The molecule has 0 saturated heterocycles. The summed E-state index contributed by atoms with van der Waals surface area (Å²) in [6.45, 7) is 1.82. The van der Waals surface area contributed by atoms with Gasteiger partial charge in [-0.15, -0.1) is 0 Å². The van der Waals surface area contributed by atoms with Crippen LogP contribution in [0, 0.1) is 6.92 Å². The minimum atomic E-state index is -0.463. The van der Waals surface area contributed by atoms with E-state index < -0.39 is 5.97 Å². The van der Waals surface area contributed by atoms with Gasteiger partial charge in [0.2, 0.25) is 0 Å². The van der Waals surface area contributed by atoms with Crippen molar-refractivity contribution in [3.63, 3.8) is 0 Å². The Balaban J connectivity index is 1.60. The predicted octanol–water partition coefficient (Wildman–Crippen LogP) is 4.00. The van der Waals surface area contributed by atoms with E-state index in [1.807, 2.05) is 42.5 Å². The van der Waals surface area contributed by atoms with E-state index in [4.69, 9.17) is 13.9 Å². The highest BCUT2D eigenvalue weighted by Gasteiger charge is 2.18. The highest BCUT2D eigenvalue weighted by molar-refractivity contribution is 5.90. The van der Waals surface area contributed by atoms with E-state index in [0.29, 0.717) is 22.8 Å². The number of esters is 1. The summed E-state index contributed by atoms with van der Waals surface area (Å²) in [7, 11) is 2.98. The number of hydrogen-bond donors (Lipinski definition) is 0. The Labute approximate surface area is 176 Å². The van der Waals surface area contributed by atoms with Gasteiger partial charge in [-0.1, -0.05) is 48.5 Å². The molecule has 1 aromatic heterocycles. The monoisotopic (exact) mass is 407 g/mol. The Morgan fingerprint density at radius 1 is 1.03 bits per heavy atom. The fraction of sp³-hybridized carbons (Fsp3) is 0.250. The van der Waals surface area contributed by atoms with Crippen LogP contribution in [-0.4, -0.2) is 37.5 Å². The maximum absolute atomic E-state index is 12.5. The molecule has 2 aromatic carbocycles. The standard InChI is InChI=1S/C24H25NO5/c1-17-21(24(27)28-3)14-20(30-17)15-25(2)23(26)16-29-22-12-8-7-11-19(22)13-18-9-5-4-6-10-18/h4-12,14H,13,15-16H2,1-3H3. The summed E-state index contributed by atoms with van der Waals surface area (Å²) in [4.78, 5) is 25.7. The van der Waals surface area contributed by atoms with Crippen LogP contribution in [-0.2, 0) is 22.5 Å². The Bertz CT molecular complexity index is 1010. The molecule has 30 heavy (non-hydrogen) atoms. The molecule has 0 spiro atoms. The number of amides is 1. The van der Waals surface area contributed by atoms with Crippen molar-refractivity contribution < 1.29 is 23.5 Å². The molecule has 0 aliphatic heterocycles. The van der Waals surface area contributed by atoms with Gasteiger partial charge >= 0.3 is 5.97 Å². The van der Waals surface area contributed by atoms with Gasteiger partial charge in [0.15, 0.2) is 6.61 Å². The zero-order chi connectivity index (χ0) is 21.5. The molecule has 0 saturated carbocycles. The molecular formula is C24H25NO5. The second kappa shape index (κ2) is 9.78. The number of carbonyl (C=O) groups is 2. The predicted molar refractivity (Wildman–Crippen MR) is 112 cm³/mol. The van der Waals surface area contributed by atoms with E-state index in [-0.39, 0.29) is 19.1 Å². The molecule has 0 aliphatic rings. The van der Waals surface area contributed by atoms with Gasteiger partial charge in [0.05, 0.1) is 13.7 Å². The largest absolute Gasteiger partial charge is 0.483 e. The summed E-state index contributed by atoms with van der Waals surface area (Å²) in [6, 6.07) is 19.4. The molecule has 6 nitrogen and oxygen atoms in total. The normalized spacial score (nSPS) is 10.5. The highest BCUT2D eigenvalue weighted by atomic mass is 16.5. The fourth-order valence-electron chi connectivity index (χ4n) is 3.11. The number of hydrogen-bond acceptors (Lipinski definition) is 5. The van der Waals surface area contributed by atoms with Crippen LogP contribution in [0.5, 0.6) is 5.75 Å². The second-order valence-corrected chi connectivity index (χ2v) is 6.98. The smallest absolute Gasteiger partial charge is 0.341 e. The SMILES string of the molecule is COC(=O)c1cc(CN(C)C(=O)COc2ccccc2Cc2ccccc2)oc1C. The minimum Gasteiger partial charge on any atom is -0.483 e. The van der Waals surface area contributed by atoms with Crippen LogP contribution in [0.3, 0.4) is 0 Å². The van der Waals surface area contributed by atoms with Crippen LogP contribution in [0.15, 0.2) is 65.1 Å². The Morgan fingerprint density at radius 3 is 2.47 bits per heavy atom. The lowest BCUT2D eigenvalue weighted by molar-refractivity contribution is -0.132. The van der Waals surface area contributed by atoms with E-state index in [1.54, 1.807) is 20.0 Å². The summed E-state index contributed by atoms with van der Waals surface area (Å²) in [5.41, 5.74) is 2.55. The van der Waals surface area contributed by atoms with E-state index in [0.717, 1.165) is 12.0 Å². The maximum atomic E-state index is 12.5. The Hall–Kier alpha value is -3.54. The highest BCUT2D eigenvalue weighted by Crippen LogP contribution is 2.22. The number of rotatable bonds is 8. The lowest BCUT2D eigenvalue weighted by Crippen LogP contribution is -2.31. The van der Waals surface area contributed by atoms with E-state index in [1.165, 1.54) is 17.6 Å². The summed E-state index contributed by atoms with van der Waals surface area (Å²) >= 11 is 0. The summed E-state index contributed by atoms with van der Waals surface area (Å²) in [6.07, 6.45) is 0.725. The van der Waals surface area contributed by atoms with Crippen molar-refractivity contribution in [3.8, 4) is 5.75 Å². The van der Waals surface area contributed by atoms with Crippen LogP contribution in [0.4, 0.5) is 0 Å². The molecule has 1 heterocycles. The molecule has 3 aromatic rings. The van der Waals surface area contributed by atoms with E-state index in [2.05, 4.69) is 12.1 Å². The molecule has 3 rings (SSSR count). The van der Waals surface area contributed by atoms with Crippen molar-refractivity contribution in [1.29, 1.82) is 0 Å². The number of benzene rings is 2. The lowest BCUT2D eigenvalue weighted by Gasteiger charge is -2.17. The Morgan fingerprint density at radius 2 is 1.73 bits per heavy atom. The zero-order valence-electron chi connectivity index (χ0n) is 17.4. The van der Waals surface area contributed by atoms with Crippen molar-refractivity contribution in [2.75, 3.05) is 20.8 Å². The first kappa shape index (κ1) is 21.2. The van der Waals surface area contributed by atoms with Gasteiger partial charge < -0.3 is 18.8 Å². The second-order valence-electron chi connectivity index (χ2n) is 6.98. The molecule has 0 radical (unpaired) electrons. The van der Waals surface area contributed by atoms with Crippen molar-refractivity contribution in [2.45, 2.75) is 19.9 Å². The molecule has 6 heteroatoms. The first-order valence-corrected chi connectivity index (χ1v) is 9.64. The average molecular weight is 407 g/mol.